The third-order valence-corrected chi connectivity index (χ3v) is 6.86. The normalized spacial score (nSPS) is 15.4. The number of hydrogen-bond acceptors (Lipinski definition) is 4. The Morgan fingerprint density at radius 3 is 2.38 bits per heavy atom. The van der Waals surface area contributed by atoms with Crippen molar-refractivity contribution in [3.8, 4) is 0 Å². The molecule has 1 N–H and O–H groups in total. The van der Waals surface area contributed by atoms with Crippen LogP contribution in [0.2, 0.25) is 0 Å². The summed E-state index contributed by atoms with van der Waals surface area (Å²) >= 11 is 0. The van der Waals surface area contributed by atoms with Crippen molar-refractivity contribution in [3.63, 3.8) is 0 Å². The topological polar surface area (TPSA) is 86.8 Å². The standard InChI is InChI=1S/C21H22F3N3O4S/c1-2-26(20(29)21(22,23)24)14-15-5-3-6-17(13-15)25-19(28)16-7-9-18(10-8-16)27-11-4-12-32(27,30)31/h3,5-10,13H,2,4,11-12,14H2,1H3,(H,25,28). The Labute approximate surface area is 183 Å². The van der Waals surface area contributed by atoms with Crippen LogP contribution in [0, 0.1) is 0 Å². The lowest BCUT2D eigenvalue weighted by Crippen LogP contribution is -2.40. The Kier molecular flexibility index (Phi) is 6.77. The molecular formula is C21H22F3N3O4S. The molecule has 0 unspecified atom stereocenters. The molecule has 0 bridgehead atoms. The maximum atomic E-state index is 12.7. The highest BCUT2D eigenvalue weighted by molar-refractivity contribution is 7.93. The van der Waals surface area contributed by atoms with Crippen LogP contribution in [0.3, 0.4) is 0 Å². The maximum Gasteiger partial charge on any atom is 0.471 e. The highest BCUT2D eigenvalue weighted by atomic mass is 32.2. The molecule has 0 aromatic heterocycles. The number of anilines is 2. The first-order chi connectivity index (χ1) is 15.0. The summed E-state index contributed by atoms with van der Waals surface area (Å²) in [7, 11) is -3.32. The van der Waals surface area contributed by atoms with Crippen molar-refractivity contribution in [3.05, 3.63) is 59.7 Å². The van der Waals surface area contributed by atoms with Crippen molar-refractivity contribution in [2.24, 2.45) is 0 Å². The van der Waals surface area contributed by atoms with E-state index >= 15 is 0 Å². The quantitative estimate of drug-likeness (QED) is 0.703. The summed E-state index contributed by atoms with van der Waals surface area (Å²) < 4.78 is 63.5. The van der Waals surface area contributed by atoms with E-state index in [1.165, 1.54) is 29.4 Å². The summed E-state index contributed by atoms with van der Waals surface area (Å²) in [5.74, 6) is -2.29. The number of amides is 2. The molecule has 2 aromatic rings. The van der Waals surface area contributed by atoms with Crippen molar-refractivity contribution in [2.75, 3.05) is 28.5 Å². The van der Waals surface area contributed by atoms with Gasteiger partial charge in [0.25, 0.3) is 5.91 Å². The summed E-state index contributed by atoms with van der Waals surface area (Å²) in [6.07, 6.45) is -4.41. The third-order valence-electron chi connectivity index (χ3n) is 4.99. The first-order valence-electron chi connectivity index (χ1n) is 9.88. The fourth-order valence-corrected chi connectivity index (χ4v) is 4.95. The van der Waals surface area contributed by atoms with Gasteiger partial charge < -0.3 is 10.2 Å². The Bertz CT molecular complexity index is 1100. The van der Waals surface area contributed by atoms with Gasteiger partial charge in [-0.25, -0.2) is 8.42 Å². The van der Waals surface area contributed by atoms with E-state index < -0.39 is 28.0 Å². The van der Waals surface area contributed by atoms with Gasteiger partial charge in [-0.2, -0.15) is 13.2 Å². The van der Waals surface area contributed by atoms with Crippen molar-refractivity contribution in [2.45, 2.75) is 26.1 Å². The lowest BCUT2D eigenvalue weighted by molar-refractivity contribution is -0.185. The highest BCUT2D eigenvalue weighted by Gasteiger charge is 2.41. The summed E-state index contributed by atoms with van der Waals surface area (Å²) in [5.41, 5.74) is 1.55. The van der Waals surface area contributed by atoms with Gasteiger partial charge in [-0.15, -0.1) is 0 Å². The van der Waals surface area contributed by atoms with Gasteiger partial charge in [0.05, 0.1) is 11.4 Å². The monoisotopic (exact) mass is 469 g/mol. The summed E-state index contributed by atoms with van der Waals surface area (Å²) in [4.78, 5) is 24.7. The molecule has 0 aliphatic carbocycles. The lowest BCUT2D eigenvalue weighted by atomic mass is 10.1. The zero-order chi connectivity index (χ0) is 23.5. The SMILES string of the molecule is CCN(Cc1cccc(NC(=O)c2ccc(N3CCCS3(=O)=O)cc2)c1)C(=O)C(F)(F)F. The minimum absolute atomic E-state index is 0.0929. The number of rotatable bonds is 6. The van der Waals surface area contributed by atoms with Crippen LogP contribution in [0.15, 0.2) is 48.5 Å². The lowest BCUT2D eigenvalue weighted by Gasteiger charge is -2.22. The molecule has 2 aromatic carbocycles. The van der Waals surface area contributed by atoms with Gasteiger partial charge in [0.1, 0.15) is 0 Å². The molecule has 1 aliphatic heterocycles. The second kappa shape index (κ2) is 9.19. The van der Waals surface area contributed by atoms with Gasteiger partial charge in [0.2, 0.25) is 10.0 Å². The number of carbonyl (C=O) groups is 2. The first kappa shape index (κ1) is 23.6. The number of hydrogen-bond donors (Lipinski definition) is 1. The summed E-state index contributed by atoms with van der Waals surface area (Å²) in [6, 6.07) is 12.3. The van der Waals surface area contributed by atoms with Crippen LogP contribution in [-0.4, -0.2) is 50.2 Å². The molecule has 1 heterocycles. The molecule has 7 nitrogen and oxygen atoms in total. The van der Waals surface area contributed by atoms with Gasteiger partial charge in [-0.3, -0.25) is 13.9 Å². The van der Waals surface area contributed by atoms with Crippen molar-refractivity contribution >= 4 is 33.2 Å². The molecule has 1 fully saturated rings. The fraction of sp³-hybridized carbons (Fsp3) is 0.333. The van der Waals surface area contributed by atoms with Gasteiger partial charge >= 0.3 is 12.1 Å². The molecule has 172 valence electrons. The second-order valence-electron chi connectivity index (χ2n) is 7.26. The fourth-order valence-electron chi connectivity index (χ4n) is 3.39. The first-order valence-corrected chi connectivity index (χ1v) is 11.5. The smallest absolute Gasteiger partial charge is 0.331 e. The molecule has 3 rings (SSSR count). The van der Waals surface area contributed by atoms with Crippen LogP contribution in [0.1, 0.15) is 29.3 Å². The molecule has 0 radical (unpaired) electrons. The van der Waals surface area contributed by atoms with Crippen LogP contribution in [0.5, 0.6) is 0 Å². The average Bonchev–Trinajstić information content (AvgIpc) is 3.10. The second-order valence-corrected chi connectivity index (χ2v) is 9.27. The molecule has 11 heteroatoms. The Hall–Kier alpha value is -3.08. The minimum Gasteiger partial charge on any atom is -0.331 e. The van der Waals surface area contributed by atoms with E-state index in [1.54, 1.807) is 30.3 Å². The van der Waals surface area contributed by atoms with Crippen LogP contribution in [0.4, 0.5) is 24.5 Å². The Balaban J connectivity index is 1.69. The van der Waals surface area contributed by atoms with Crippen molar-refractivity contribution in [1.82, 2.24) is 4.90 Å². The van der Waals surface area contributed by atoms with Crippen LogP contribution in [0.25, 0.3) is 0 Å². The molecule has 0 saturated carbocycles. The zero-order valence-electron chi connectivity index (χ0n) is 17.2. The zero-order valence-corrected chi connectivity index (χ0v) is 18.0. The molecule has 0 atom stereocenters. The predicted octanol–water partition coefficient (Wildman–Crippen LogP) is 3.39. The Morgan fingerprint density at radius 1 is 1.12 bits per heavy atom. The van der Waals surface area contributed by atoms with Gasteiger partial charge in [-0.05, 0) is 55.3 Å². The van der Waals surface area contributed by atoms with E-state index in [1.807, 2.05) is 0 Å². The van der Waals surface area contributed by atoms with E-state index in [2.05, 4.69) is 5.32 Å². The molecule has 2 amide bonds. The number of halogens is 3. The maximum absolute atomic E-state index is 12.7. The van der Waals surface area contributed by atoms with Gasteiger partial charge in [-0.1, -0.05) is 12.1 Å². The molecule has 1 saturated heterocycles. The number of carbonyl (C=O) groups excluding carboxylic acids is 2. The van der Waals surface area contributed by atoms with Gasteiger partial charge in [0.15, 0.2) is 0 Å². The summed E-state index contributed by atoms with van der Waals surface area (Å²) in [6.45, 7) is 1.48. The van der Waals surface area contributed by atoms with E-state index in [0.717, 1.165) is 0 Å². The number of nitrogens with zero attached hydrogens (tertiary/aromatic N) is 2. The molecule has 32 heavy (non-hydrogen) atoms. The highest BCUT2D eigenvalue weighted by Crippen LogP contribution is 2.25. The predicted molar refractivity (Wildman–Crippen MR) is 114 cm³/mol. The number of nitrogens with one attached hydrogen (secondary N) is 1. The summed E-state index contributed by atoms with van der Waals surface area (Å²) in [5, 5.41) is 2.66. The van der Waals surface area contributed by atoms with E-state index in [9.17, 15) is 31.2 Å². The van der Waals surface area contributed by atoms with E-state index in [4.69, 9.17) is 0 Å². The molecule has 1 aliphatic rings. The largest absolute Gasteiger partial charge is 0.471 e. The van der Waals surface area contributed by atoms with Crippen molar-refractivity contribution in [1.29, 1.82) is 0 Å². The molecular weight excluding hydrogens is 447 g/mol. The number of sulfonamides is 1. The van der Waals surface area contributed by atoms with Crippen LogP contribution < -0.4 is 9.62 Å². The van der Waals surface area contributed by atoms with Crippen LogP contribution in [-0.2, 0) is 21.4 Å². The van der Waals surface area contributed by atoms with E-state index in [-0.39, 0.29) is 24.4 Å². The van der Waals surface area contributed by atoms with Gasteiger partial charge in [0, 0.05) is 30.9 Å². The van der Waals surface area contributed by atoms with E-state index in [0.29, 0.717) is 34.8 Å². The van der Waals surface area contributed by atoms with Crippen molar-refractivity contribution < 1.29 is 31.2 Å². The van der Waals surface area contributed by atoms with Crippen LogP contribution >= 0.6 is 0 Å². The number of alkyl halides is 3. The average molecular weight is 469 g/mol. The minimum atomic E-state index is -4.96. The number of benzene rings is 2. The third kappa shape index (κ3) is 5.39. The molecule has 0 spiro atoms. The Morgan fingerprint density at radius 2 is 1.81 bits per heavy atom.